The summed E-state index contributed by atoms with van der Waals surface area (Å²) >= 11 is 0. The Morgan fingerprint density at radius 3 is 2.62 bits per heavy atom. The summed E-state index contributed by atoms with van der Waals surface area (Å²) in [5.41, 5.74) is 2.39. The number of tetrazole rings is 1. The van der Waals surface area contributed by atoms with Gasteiger partial charge in [-0.05, 0) is 41.3 Å². The summed E-state index contributed by atoms with van der Waals surface area (Å²) in [4.78, 5) is 0. The van der Waals surface area contributed by atoms with E-state index in [0.717, 1.165) is 18.7 Å². The van der Waals surface area contributed by atoms with Gasteiger partial charge in [-0.3, -0.25) is 0 Å². The molecule has 0 N–H and O–H groups in total. The van der Waals surface area contributed by atoms with Gasteiger partial charge >= 0.3 is 0 Å². The van der Waals surface area contributed by atoms with Gasteiger partial charge in [0, 0.05) is 12.1 Å². The van der Waals surface area contributed by atoms with Gasteiger partial charge in [0.1, 0.15) is 0 Å². The lowest BCUT2D eigenvalue weighted by Gasteiger charge is -2.06. The third-order valence-electron chi connectivity index (χ3n) is 3.77. The van der Waals surface area contributed by atoms with E-state index >= 15 is 0 Å². The summed E-state index contributed by atoms with van der Waals surface area (Å²) < 4.78 is 1.92. The van der Waals surface area contributed by atoms with Crippen molar-refractivity contribution in [2.75, 3.05) is 0 Å². The van der Waals surface area contributed by atoms with Crippen molar-refractivity contribution >= 4 is 11.8 Å². The van der Waals surface area contributed by atoms with Crippen LogP contribution in [0.2, 0.25) is 0 Å². The average molecular weight is 280 g/mol. The Morgan fingerprint density at radius 2 is 1.76 bits per heavy atom. The predicted molar refractivity (Wildman–Crippen MR) is 84.4 cm³/mol. The quantitative estimate of drug-likeness (QED) is 0.841. The largest absolute Gasteiger partial charge is 0.201 e. The fourth-order valence-electron chi connectivity index (χ4n) is 2.62. The van der Waals surface area contributed by atoms with Crippen molar-refractivity contribution in [2.45, 2.75) is 38.5 Å². The average Bonchev–Trinajstić information content (AvgIpc) is 2.99. The molecule has 0 radical (unpaired) electrons. The molecule has 108 valence electrons. The maximum absolute atomic E-state index is 4.16. The lowest BCUT2D eigenvalue weighted by molar-refractivity contribution is 0.649. The van der Waals surface area contributed by atoms with Gasteiger partial charge in [-0.1, -0.05) is 55.3 Å². The Labute approximate surface area is 125 Å². The minimum Gasteiger partial charge on any atom is -0.201 e. The number of aromatic nitrogens is 4. The monoisotopic (exact) mass is 280 g/mol. The highest BCUT2D eigenvalue weighted by atomic mass is 15.5. The normalized spacial score (nSPS) is 18.2. The number of fused-ring (bicyclic) bond motifs is 1. The smallest absolute Gasteiger partial charge is 0.156 e. The molecule has 0 unspecified atom stereocenters. The fourth-order valence-corrected chi connectivity index (χ4v) is 2.62. The van der Waals surface area contributed by atoms with E-state index in [1.807, 2.05) is 22.9 Å². The molecule has 0 aliphatic carbocycles. The zero-order valence-corrected chi connectivity index (χ0v) is 12.2. The molecule has 0 saturated carbocycles. The molecule has 2 aromatic rings. The van der Waals surface area contributed by atoms with E-state index in [2.05, 4.69) is 45.9 Å². The van der Waals surface area contributed by atoms with E-state index < -0.39 is 0 Å². The minimum atomic E-state index is 0.965. The van der Waals surface area contributed by atoms with E-state index in [1.165, 1.54) is 36.9 Å². The van der Waals surface area contributed by atoms with Gasteiger partial charge in [0.15, 0.2) is 5.82 Å². The number of benzene rings is 1. The first-order valence-electron chi connectivity index (χ1n) is 7.63. The van der Waals surface area contributed by atoms with Gasteiger partial charge in [0.2, 0.25) is 0 Å². The van der Waals surface area contributed by atoms with Crippen LogP contribution in [0, 0.1) is 0 Å². The Morgan fingerprint density at radius 1 is 0.952 bits per heavy atom. The van der Waals surface area contributed by atoms with E-state index in [-0.39, 0.29) is 0 Å². The molecule has 0 bridgehead atoms. The van der Waals surface area contributed by atoms with Gasteiger partial charge in [0.25, 0.3) is 0 Å². The Kier molecular flexibility index (Phi) is 4.56. The van der Waals surface area contributed by atoms with Crippen molar-refractivity contribution in [1.82, 2.24) is 20.2 Å². The number of nitrogens with zero attached hydrogens (tertiary/aromatic N) is 4. The van der Waals surface area contributed by atoms with Crippen LogP contribution in [0.15, 0.2) is 42.5 Å². The van der Waals surface area contributed by atoms with Crippen LogP contribution >= 0.6 is 0 Å². The van der Waals surface area contributed by atoms with Crippen molar-refractivity contribution < 1.29 is 0 Å². The molecule has 3 rings (SSSR count). The second-order valence-electron chi connectivity index (χ2n) is 5.35. The maximum Gasteiger partial charge on any atom is 0.156 e. The highest BCUT2D eigenvalue weighted by molar-refractivity contribution is 5.56. The van der Waals surface area contributed by atoms with Crippen LogP contribution in [0.25, 0.3) is 11.8 Å². The number of aryl methyl sites for hydroxylation is 1. The summed E-state index contributed by atoms with van der Waals surface area (Å²) in [5, 5.41) is 12.1. The van der Waals surface area contributed by atoms with Crippen LogP contribution in [0.5, 0.6) is 0 Å². The van der Waals surface area contributed by atoms with Crippen LogP contribution in [0.3, 0.4) is 0 Å². The third kappa shape index (κ3) is 3.66. The SMILES string of the molecule is C(=C\c1ccccc1)/C=C1\CCCCCCc2nnnn21. The van der Waals surface area contributed by atoms with Gasteiger partial charge in [-0.2, -0.15) is 0 Å². The molecule has 0 atom stereocenters. The van der Waals surface area contributed by atoms with Crippen molar-refractivity contribution in [3.8, 4) is 0 Å². The summed E-state index contributed by atoms with van der Waals surface area (Å²) in [6, 6.07) is 10.3. The maximum atomic E-state index is 4.16. The number of hydrogen-bond donors (Lipinski definition) is 0. The second-order valence-corrected chi connectivity index (χ2v) is 5.35. The molecule has 21 heavy (non-hydrogen) atoms. The zero-order valence-electron chi connectivity index (χ0n) is 12.2. The molecule has 1 aliphatic heterocycles. The first-order chi connectivity index (χ1) is 10.4. The molecule has 0 fully saturated rings. The van der Waals surface area contributed by atoms with Crippen LogP contribution in [-0.4, -0.2) is 20.2 Å². The lowest BCUT2D eigenvalue weighted by Crippen LogP contribution is -2.04. The van der Waals surface area contributed by atoms with Gasteiger partial charge < -0.3 is 0 Å². The molecular formula is C17H20N4. The van der Waals surface area contributed by atoms with Crippen molar-refractivity contribution in [1.29, 1.82) is 0 Å². The highest BCUT2D eigenvalue weighted by Crippen LogP contribution is 2.19. The van der Waals surface area contributed by atoms with Gasteiger partial charge in [-0.15, -0.1) is 5.10 Å². The standard InChI is InChI=1S/C17H20N4/c1-2-7-14-17-18-19-20-21(17)16(12-6-1)13-8-11-15-9-4-3-5-10-15/h3-5,8-11,13H,1-2,6-7,12,14H2/b11-8+,16-13+. The Balaban J connectivity index is 1.82. The first-order valence-corrected chi connectivity index (χ1v) is 7.63. The summed E-state index contributed by atoms with van der Waals surface area (Å²) in [7, 11) is 0. The molecular weight excluding hydrogens is 260 g/mol. The number of rotatable bonds is 2. The van der Waals surface area contributed by atoms with Crippen LogP contribution in [-0.2, 0) is 6.42 Å². The summed E-state index contributed by atoms with van der Waals surface area (Å²) in [6.07, 6.45) is 13.2. The highest BCUT2D eigenvalue weighted by Gasteiger charge is 2.11. The fraction of sp³-hybridized carbons (Fsp3) is 0.353. The van der Waals surface area contributed by atoms with Crippen LogP contribution in [0.4, 0.5) is 0 Å². The molecule has 4 nitrogen and oxygen atoms in total. The molecule has 2 heterocycles. The first kappa shape index (κ1) is 13.7. The van der Waals surface area contributed by atoms with Crippen LogP contribution in [0.1, 0.15) is 43.5 Å². The molecule has 1 aromatic carbocycles. The van der Waals surface area contributed by atoms with E-state index in [1.54, 1.807) is 0 Å². The molecule has 0 spiro atoms. The van der Waals surface area contributed by atoms with E-state index in [4.69, 9.17) is 0 Å². The third-order valence-corrected chi connectivity index (χ3v) is 3.77. The Bertz CT molecular complexity index is 625. The predicted octanol–water partition coefficient (Wildman–Crippen LogP) is 3.73. The molecule has 0 saturated heterocycles. The van der Waals surface area contributed by atoms with E-state index in [0.29, 0.717) is 0 Å². The van der Waals surface area contributed by atoms with Crippen molar-refractivity contribution in [3.63, 3.8) is 0 Å². The number of allylic oxidation sites excluding steroid dienone is 3. The van der Waals surface area contributed by atoms with E-state index in [9.17, 15) is 0 Å². The zero-order chi connectivity index (χ0) is 14.3. The van der Waals surface area contributed by atoms with Gasteiger partial charge in [-0.25, -0.2) is 4.68 Å². The number of hydrogen-bond acceptors (Lipinski definition) is 3. The topological polar surface area (TPSA) is 43.6 Å². The summed E-state index contributed by atoms with van der Waals surface area (Å²) in [5.74, 6) is 0.983. The molecule has 4 heteroatoms. The molecule has 1 aliphatic rings. The van der Waals surface area contributed by atoms with Crippen molar-refractivity contribution in [2.24, 2.45) is 0 Å². The second kappa shape index (κ2) is 6.97. The lowest BCUT2D eigenvalue weighted by atomic mass is 10.1. The molecule has 0 amide bonds. The van der Waals surface area contributed by atoms with Gasteiger partial charge in [0.05, 0.1) is 0 Å². The Hall–Kier alpha value is -2.23. The van der Waals surface area contributed by atoms with Crippen molar-refractivity contribution in [3.05, 3.63) is 53.9 Å². The summed E-state index contributed by atoms with van der Waals surface area (Å²) in [6.45, 7) is 0. The van der Waals surface area contributed by atoms with Crippen LogP contribution < -0.4 is 0 Å². The molecule has 1 aromatic heterocycles. The minimum absolute atomic E-state index is 0.965.